The van der Waals surface area contributed by atoms with E-state index in [-0.39, 0.29) is 11.4 Å². The van der Waals surface area contributed by atoms with Gasteiger partial charge in [0.25, 0.3) is 0 Å². The Balaban J connectivity index is 2.64. The van der Waals surface area contributed by atoms with Crippen molar-refractivity contribution in [2.75, 3.05) is 19.8 Å². The molecule has 0 saturated carbocycles. The van der Waals surface area contributed by atoms with Crippen molar-refractivity contribution >= 4 is 10.0 Å². The summed E-state index contributed by atoms with van der Waals surface area (Å²) in [4.78, 5) is 0.245. The zero-order chi connectivity index (χ0) is 14.6. The molecule has 0 aliphatic carbocycles. The van der Waals surface area contributed by atoms with Crippen LogP contribution < -0.4 is 4.72 Å². The highest BCUT2D eigenvalue weighted by molar-refractivity contribution is 7.89. The molecular weight excluding hydrogens is 266 g/mol. The molecule has 0 aliphatic rings. The molecule has 0 saturated heterocycles. The number of nitrogens with one attached hydrogen (secondary N) is 1. The largest absolute Gasteiger partial charge is 0.376 e. The van der Waals surface area contributed by atoms with Gasteiger partial charge in [-0.1, -0.05) is 12.2 Å². The van der Waals surface area contributed by atoms with Crippen molar-refractivity contribution in [3.8, 4) is 0 Å². The Labute approximate surface area is 114 Å². The first-order chi connectivity index (χ1) is 8.75. The third kappa shape index (κ3) is 4.15. The Morgan fingerprint density at radius 3 is 2.58 bits per heavy atom. The molecule has 6 nitrogen and oxygen atoms in total. The molecule has 1 heterocycles. The summed E-state index contributed by atoms with van der Waals surface area (Å²) in [5.74, 6) is 0. The van der Waals surface area contributed by atoms with Crippen LogP contribution in [0.15, 0.2) is 17.0 Å². The molecule has 1 rings (SSSR count). The molecule has 1 N–H and O–H groups in total. The van der Waals surface area contributed by atoms with Crippen molar-refractivity contribution in [1.29, 1.82) is 0 Å². The molecular formula is C12H21N3O3S. The van der Waals surface area contributed by atoms with Gasteiger partial charge in [-0.15, -0.1) is 0 Å². The van der Waals surface area contributed by atoms with E-state index < -0.39 is 10.0 Å². The average Bonchev–Trinajstić information content (AvgIpc) is 2.52. The van der Waals surface area contributed by atoms with Crippen LogP contribution >= 0.6 is 0 Å². The minimum absolute atomic E-state index is 0.226. The van der Waals surface area contributed by atoms with Gasteiger partial charge in [0.05, 0.1) is 24.6 Å². The fourth-order valence-electron chi connectivity index (χ4n) is 1.71. The number of aromatic nitrogens is 2. The summed E-state index contributed by atoms with van der Waals surface area (Å²) in [5.41, 5.74) is 2.02. The Morgan fingerprint density at radius 1 is 1.47 bits per heavy atom. The Morgan fingerprint density at radius 2 is 2.11 bits per heavy atom. The number of nitrogens with zero attached hydrogens (tertiary/aromatic N) is 2. The van der Waals surface area contributed by atoms with E-state index in [1.165, 1.54) is 0 Å². The van der Waals surface area contributed by atoms with Crippen molar-refractivity contribution < 1.29 is 13.2 Å². The number of ether oxygens (including phenoxy) is 1. The quantitative estimate of drug-likeness (QED) is 0.597. The van der Waals surface area contributed by atoms with E-state index in [0.29, 0.717) is 24.6 Å². The molecule has 1 aromatic heterocycles. The van der Waals surface area contributed by atoms with Crippen molar-refractivity contribution in [1.82, 2.24) is 14.5 Å². The number of sulfonamides is 1. The number of aryl methyl sites for hydroxylation is 2. The predicted molar refractivity (Wildman–Crippen MR) is 73.5 cm³/mol. The predicted octanol–water partition coefficient (Wildman–Crippen LogP) is 0.908. The second-order valence-electron chi connectivity index (χ2n) is 4.53. The molecule has 0 aliphatic heterocycles. The van der Waals surface area contributed by atoms with Gasteiger partial charge >= 0.3 is 0 Å². The SMILES string of the molecule is C=C(C)COCCNS(=O)(=O)c1c(C)nn(C)c1C. The maximum absolute atomic E-state index is 12.1. The van der Waals surface area contributed by atoms with Crippen LogP contribution in [0.25, 0.3) is 0 Å². The molecule has 0 atom stereocenters. The van der Waals surface area contributed by atoms with E-state index in [1.54, 1.807) is 25.6 Å². The van der Waals surface area contributed by atoms with E-state index >= 15 is 0 Å². The summed E-state index contributed by atoms with van der Waals surface area (Å²) < 4.78 is 33.6. The van der Waals surface area contributed by atoms with Crippen LogP contribution in [-0.2, 0) is 21.8 Å². The standard InChI is InChI=1S/C12H21N3O3S/c1-9(2)8-18-7-6-13-19(16,17)12-10(3)14-15(5)11(12)4/h13H,1,6-8H2,2-5H3. The van der Waals surface area contributed by atoms with Crippen molar-refractivity contribution in [3.63, 3.8) is 0 Å². The lowest BCUT2D eigenvalue weighted by Crippen LogP contribution is -2.28. The summed E-state index contributed by atoms with van der Waals surface area (Å²) in [6, 6.07) is 0. The van der Waals surface area contributed by atoms with Crippen molar-refractivity contribution in [3.05, 3.63) is 23.5 Å². The molecule has 0 bridgehead atoms. The first-order valence-electron chi connectivity index (χ1n) is 5.97. The smallest absolute Gasteiger partial charge is 0.244 e. The third-order valence-electron chi connectivity index (χ3n) is 2.60. The highest BCUT2D eigenvalue weighted by Gasteiger charge is 2.22. The molecule has 0 amide bonds. The highest BCUT2D eigenvalue weighted by Crippen LogP contribution is 2.17. The Bertz CT molecular complexity index is 561. The van der Waals surface area contributed by atoms with Gasteiger partial charge in [0.2, 0.25) is 10.0 Å². The maximum Gasteiger partial charge on any atom is 0.244 e. The lowest BCUT2D eigenvalue weighted by molar-refractivity contribution is 0.162. The van der Waals surface area contributed by atoms with E-state index in [0.717, 1.165) is 5.57 Å². The first-order valence-corrected chi connectivity index (χ1v) is 7.46. The molecule has 0 fully saturated rings. The monoisotopic (exact) mass is 287 g/mol. The van der Waals surface area contributed by atoms with Gasteiger partial charge in [0, 0.05) is 13.6 Å². The average molecular weight is 287 g/mol. The van der Waals surface area contributed by atoms with Crippen LogP contribution in [0, 0.1) is 13.8 Å². The zero-order valence-corrected chi connectivity index (χ0v) is 12.7. The summed E-state index contributed by atoms with van der Waals surface area (Å²) >= 11 is 0. The lowest BCUT2D eigenvalue weighted by Gasteiger charge is -2.08. The van der Waals surface area contributed by atoms with Crippen LogP contribution in [0.5, 0.6) is 0 Å². The second kappa shape index (κ2) is 6.31. The van der Waals surface area contributed by atoms with Gasteiger partial charge in [-0.2, -0.15) is 5.10 Å². The zero-order valence-electron chi connectivity index (χ0n) is 11.9. The maximum atomic E-state index is 12.1. The fourth-order valence-corrected chi connectivity index (χ4v) is 3.16. The first kappa shape index (κ1) is 15.9. The van der Waals surface area contributed by atoms with Gasteiger partial charge < -0.3 is 4.74 Å². The van der Waals surface area contributed by atoms with Gasteiger partial charge in [-0.25, -0.2) is 13.1 Å². The second-order valence-corrected chi connectivity index (χ2v) is 6.23. The normalized spacial score (nSPS) is 11.8. The van der Waals surface area contributed by atoms with Crippen LogP contribution in [0.4, 0.5) is 0 Å². The fraction of sp³-hybridized carbons (Fsp3) is 0.583. The Kier molecular flexibility index (Phi) is 5.28. The molecule has 7 heteroatoms. The lowest BCUT2D eigenvalue weighted by atomic mass is 10.4. The number of hydrogen-bond acceptors (Lipinski definition) is 4. The molecule has 0 radical (unpaired) electrons. The minimum Gasteiger partial charge on any atom is -0.376 e. The number of rotatable bonds is 7. The molecule has 0 aromatic carbocycles. The van der Waals surface area contributed by atoms with Crippen LogP contribution in [0.1, 0.15) is 18.3 Å². The van der Waals surface area contributed by atoms with E-state index in [9.17, 15) is 8.42 Å². The summed E-state index contributed by atoms with van der Waals surface area (Å²) in [7, 11) is -1.82. The highest BCUT2D eigenvalue weighted by atomic mass is 32.2. The third-order valence-corrected chi connectivity index (χ3v) is 4.31. The van der Waals surface area contributed by atoms with Gasteiger partial charge in [-0.05, 0) is 20.8 Å². The van der Waals surface area contributed by atoms with Crippen LogP contribution in [0.2, 0.25) is 0 Å². The molecule has 108 valence electrons. The summed E-state index contributed by atoms with van der Waals surface area (Å²) in [6.07, 6.45) is 0. The number of hydrogen-bond donors (Lipinski definition) is 1. The van der Waals surface area contributed by atoms with Gasteiger partial charge in [-0.3, -0.25) is 4.68 Å². The van der Waals surface area contributed by atoms with Crippen LogP contribution in [0.3, 0.4) is 0 Å². The van der Waals surface area contributed by atoms with Gasteiger partial charge in [0.15, 0.2) is 0 Å². The molecule has 1 aromatic rings. The summed E-state index contributed by atoms with van der Waals surface area (Å²) in [6.45, 7) is 9.93. The van der Waals surface area contributed by atoms with Crippen molar-refractivity contribution in [2.45, 2.75) is 25.7 Å². The van der Waals surface area contributed by atoms with E-state index in [4.69, 9.17) is 4.74 Å². The molecule has 0 unspecified atom stereocenters. The van der Waals surface area contributed by atoms with E-state index in [2.05, 4.69) is 16.4 Å². The Hall–Kier alpha value is -1.18. The molecule has 19 heavy (non-hydrogen) atoms. The summed E-state index contributed by atoms with van der Waals surface area (Å²) in [5, 5.41) is 4.10. The van der Waals surface area contributed by atoms with Crippen LogP contribution in [-0.4, -0.2) is 38.0 Å². The van der Waals surface area contributed by atoms with Gasteiger partial charge in [0.1, 0.15) is 4.90 Å². The molecule has 0 spiro atoms. The minimum atomic E-state index is -3.54. The van der Waals surface area contributed by atoms with E-state index in [1.807, 2.05) is 6.92 Å². The van der Waals surface area contributed by atoms with Crippen molar-refractivity contribution in [2.24, 2.45) is 7.05 Å². The topological polar surface area (TPSA) is 73.2 Å².